The number of rotatable bonds is 77. The zero-order valence-corrected chi connectivity index (χ0v) is 86.6. The van der Waals surface area contributed by atoms with Crippen LogP contribution in [0.25, 0.3) is 0 Å². The molecule has 3 amide bonds. The van der Waals surface area contributed by atoms with Crippen molar-refractivity contribution in [3.05, 3.63) is 129 Å². The second-order valence-electron chi connectivity index (χ2n) is 35.2. The summed E-state index contributed by atoms with van der Waals surface area (Å²) in [5.74, 6) is -2.04. The quantitative estimate of drug-likeness (QED) is 0.00523. The van der Waals surface area contributed by atoms with Gasteiger partial charge in [-0.25, -0.2) is 84.9 Å². The molecule has 0 aliphatic heterocycles. The van der Waals surface area contributed by atoms with E-state index in [0.29, 0.717) is 71.7 Å². The monoisotopic (exact) mass is 1950 g/mol. The number of esters is 3. The van der Waals surface area contributed by atoms with Crippen LogP contribution < -0.4 is 50.1 Å². The molecule has 2 heterocycles. The van der Waals surface area contributed by atoms with Gasteiger partial charge in [0.25, 0.3) is 0 Å². The fraction of sp³-hybridized carbons (Fsp3) is 0.776. The highest BCUT2D eigenvalue weighted by Gasteiger charge is 2.32. The molecule has 0 saturated heterocycles. The minimum Gasteiger partial charge on any atom is -0.460 e. The highest BCUT2D eigenvalue weighted by Crippen LogP contribution is 2.15. The zero-order chi connectivity index (χ0) is 103. The molecule has 39 heteroatoms. The number of aromatic nitrogens is 6. The van der Waals surface area contributed by atoms with Crippen molar-refractivity contribution in [1.29, 1.82) is 0 Å². The number of unbranched alkanes of at least 4 members (excludes halogenated alkanes) is 12. The van der Waals surface area contributed by atoms with E-state index in [1.807, 2.05) is 60.3 Å². The molecule has 2 rings (SSSR count). The average Bonchev–Trinajstić information content (AvgIpc) is 0.773. The van der Waals surface area contributed by atoms with E-state index in [1.54, 1.807) is 0 Å². The fourth-order valence-electron chi connectivity index (χ4n) is 14.0. The molecule has 0 aliphatic rings. The summed E-state index contributed by atoms with van der Waals surface area (Å²) in [6, 6.07) is 0. The number of ether oxygens (including phenoxy) is 7. The van der Waals surface area contributed by atoms with Gasteiger partial charge in [-0.2, -0.15) is 0 Å². The highest BCUT2D eigenvalue weighted by molar-refractivity contribution is 5.88. The van der Waals surface area contributed by atoms with Crippen LogP contribution in [0.2, 0.25) is 0 Å². The number of amides is 3. The summed E-state index contributed by atoms with van der Waals surface area (Å²) in [7, 11) is 0. The van der Waals surface area contributed by atoms with Crippen LogP contribution in [0.15, 0.2) is 95.0 Å². The number of hydrogen-bond donors (Lipinski definition) is 6. The van der Waals surface area contributed by atoms with Crippen molar-refractivity contribution in [2.24, 2.45) is 5.18 Å². The second-order valence-corrected chi connectivity index (χ2v) is 35.2. The number of nitroso groups, excluding NO2 is 1. The van der Waals surface area contributed by atoms with Gasteiger partial charge in [0.2, 0.25) is 0 Å². The molecule has 2 aromatic rings. The number of aliphatic hydroxyl groups excluding tert-OH is 3. The van der Waals surface area contributed by atoms with Crippen LogP contribution in [0, 0.1) is 4.91 Å². The van der Waals surface area contributed by atoms with E-state index < -0.39 is 127 Å². The first-order valence-electron chi connectivity index (χ1n) is 50.3. The number of nitrogens with one attached hydrogen (secondary N) is 3. The Bertz CT molecular complexity index is 3870. The third kappa shape index (κ3) is 56.1. The summed E-state index contributed by atoms with van der Waals surface area (Å²) in [5.41, 5.74) is -4.49. The van der Waals surface area contributed by atoms with Gasteiger partial charge in [-0.3, -0.25) is 20.0 Å². The molecule has 0 spiro atoms. The summed E-state index contributed by atoms with van der Waals surface area (Å²) in [5, 5.41) is 43.5. The Kier molecular flexibility index (Phi) is 72.6. The number of alkyl carbamates (subject to hydrolysis) is 3. The summed E-state index contributed by atoms with van der Waals surface area (Å²) in [6.45, 7) is 52.8. The molecule has 0 aromatic carbocycles. The topological polar surface area (TPSA) is 445 Å². The molecule has 0 radical (unpaired) electrons. The second kappa shape index (κ2) is 77.7. The Hall–Kier alpha value is -9.06. The fourth-order valence-corrected chi connectivity index (χ4v) is 14.0. The van der Waals surface area contributed by atoms with Crippen molar-refractivity contribution in [2.75, 3.05) is 144 Å². The van der Waals surface area contributed by atoms with Crippen molar-refractivity contribution in [2.45, 2.75) is 354 Å². The summed E-state index contributed by atoms with van der Waals surface area (Å²) >= 11 is 0. The molecule has 788 valence electrons. The third-order valence-electron chi connectivity index (χ3n) is 22.2. The van der Waals surface area contributed by atoms with Gasteiger partial charge in [-0.1, -0.05) is 192 Å². The average molecular weight is 1950 g/mol. The Morgan fingerprint density at radius 1 is 0.372 bits per heavy atom. The Balaban J connectivity index is 0.00000273. The van der Waals surface area contributed by atoms with Crippen LogP contribution in [0.5, 0.6) is 0 Å². The minimum atomic E-state index is -1.31. The number of hydrogen-bond acceptors (Lipinski definition) is 30. The van der Waals surface area contributed by atoms with E-state index in [2.05, 4.69) is 113 Å². The van der Waals surface area contributed by atoms with Gasteiger partial charge in [0, 0.05) is 68.7 Å². The Labute approximate surface area is 814 Å². The molecule has 7 atom stereocenters. The van der Waals surface area contributed by atoms with E-state index >= 15 is 14.4 Å². The number of aliphatic hydroxyl groups is 3. The number of carbonyl (C=O) groups is 6. The Morgan fingerprint density at radius 2 is 0.635 bits per heavy atom. The summed E-state index contributed by atoms with van der Waals surface area (Å²) in [6.07, 6.45) is 13.5. The molecule has 0 fully saturated rings. The predicted octanol–water partition coefficient (Wildman–Crippen LogP) is 10.6. The molecular formula is C98H178N16O23. The van der Waals surface area contributed by atoms with E-state index in [0.717, 1.165) is 226 Å². The van der Waals surface area contributed by atoms with E-state index in [4.69, 9.17) is 33.2 Å². The maximum Gasteiger partial charge on any atom is 0.412 e. The molecule has 0 aliphatic carbocycles. The molecule has 0 saturated carbocycles. The first kappa shape index (κ1) is 128. The minimum absolute atomic E-state index is 0.0589. The van der Waals surface area contributed by atoms with Gasteiger partial charge in [0.05, 0.1) is 76.8 Å². The van der Waals surface area contributed by atoms with E-state index in [9.17, 15) is 63.4 Å². The van der Waals surface area contributed by atoms with Gasteiger partial charge in [-0.15, -0.1) is 4.91 Å². The van der Waals surface area contributed by atoms with Gasteiger partial charge in [0.1, 0.15) is 31.7 Å². The lowest BCUT2D eigenvalue weighted by molar-refractivity contribution is -0.139. The predicted molar refractivity (Wildman–Crippen MR) is 537 cm³/mol. The van der Waals surface area contributed by atoms with Crippen LogP contribution in [0.3, 0.4) is 0 Å². The largest absolute Gasteiger partial charge is 0.460 e. The first-order valence-corrected chi connectivity index (χ1v) is 50.3. The normalized spacial score (nSPS) is 13.0. The molecule has 137 heavy (non-hydrogen) atoms. The first-order chi connectivity index (χ1) is 65.4. The van der Waals surface area contributed by atoms with Crippen LogP contribution in [-0.2, 0) is 86.8 Å². The zero-order valence-electron chi connectivity index (χ0n) is 86.6. The van der Waals surface area contributed by atoms with Crippen LogP contribution in [0.1, 0.15) is 272 Å². The molecule has 0 bridgehead atoms. The molecule has 39 nitrogen and oxygen atoms in total. The lowest BCUT2D eigenvalue weighted by atomic mass is 10.2. The van der Waals surface area contributed by atoms with Crippen molar-refractivity contribution in [1.82, 2.24) is 72.8 Å². The van der Waals surface area contributed by atoms with E-state index in [-0.39, 0.29) is 88.6 Å². The van der Waals surface area contributed by atoms with Gasteiger partial charge >= 0.3 is 70.3 Å². The van der Waals surface area contributed by atoms with E-state index in [1.165, 1.54) is 20.8 Å². The molecule has 2 aromatic heterocycles. The summed E-state index contributed by atoms with van der Waals surface area (Å²) < 4.78 is 43.2. The van der Waals surface area contributed by atoms with Crippen molar-refractivity contribution in [3.63, 3.8) is 0 Å². The van der Waals surface area contributed by atoms with Gasteiger partial charge < -0.3 is 73.8 Å². The SMILES string of the molecule is C=C(C)C(=O)O/C=C/NC(=O)OC(Cn1c(=O)n(CC(CN(CCCC)CCCC)OC(=O)NCCOC(=O)C(=C)C)c(=O)n(CC(CN(CCCC)CCCC)OC(=O)NCCOC(=O)C(=C)C)c1=O)N(CCCC)CCCC.C=C(C)C(C)OCN=O.CCCCN(CCCC)CC(O)Cn1c(=O)n(CC(O)CN(CCCC)CCCC)c(=O)n(CC(O)CN(CCCC)CCCC)c1=O. The van der Waals surface area contributed by atoms with Crippen LogP contribution in [0.4, 0.5) is 14.4 Å². The van der Waals surface area contributed by atoms with Crippen molar-refractivity contribution < 1.29 is 77.2 Å². The smallest absolute Gasteiger partial charge is 0.412 e. The van der Waals surface area contributed by atoms with Crippen LogP contribution >= 0.6 is 0 Å². The maximum atomic E-state index is 15.2. The van der Waals surface area contributed by atoms with Crippen molar-refractivity contribution >= 4 is 36.2 Å². The van der Waals surface area contributed by atoms with Gasteiger partial charge in [-0.05, 0) is 182 Å². The highest BCUT2D eigenvalue weighted by atomic mass is 16.6. The van der Waals surface area contributed by atoms with Crippen LogP contribution in [-0.4, -0.2) is 295 Å². The molecule has 7 unspecified atom stereocenters. The lowest BCUT2D eigenvalue weighted by Gasteiger charge is -2.32. The summed E-state index contributed by atoms with van der Waals surface area (Å²) in [4.78, 5) is 186. The maximum absolute atomic E-state index is 15.2. The molecule has 6 N–H and O–H groups in total. The lowest BCUT2D eigenvalue weighted by Crippen LogP contribution is -2.59. The number of nitrogens with zero attached hydrogens (tertiary/aromatic N) is 13. The van der Waals surface area contributed by atoms with Gasteiger partial charge in [0.15, 0.2) is 13.0 Å². The third-order valence-corrected chi connectivity index (χ3v) is 22.2. The van der Waals surface area contributed by atoms with Crippen molar-refractivity contribution in [3.8, 4) is 0 Å². The standard InChI is InChI=1S/C56H95N9O15.C36H72N6O6.C6H11NO2/c1-13-19-28-60(29-20-14-2)37-45(78-51(69)57-25-34-75-48(66)42(7)8)39-63-54(72)64(40-46(38-61(30-21-15-3)31-22-16-4)79-52(70)58-26-35-76-49(67)43(9)10)56(74)65(55(63)73)41-47(62(32-23-17-5)33-24-18-6)80-53(71)59-27-36-77-50(68)44(11)12;1-7-13-19-37(20-14-8-2)25-31(43)28-40-34(46)41(29-32(44)26-38(21-15-9-3)22-16-10-4)36(48)42(35(40)47)30-33(45)27-39(23-17-11-5)24-18-12-6;1-5(2)6(3)9-4-7-8/h27,36,45-47H,7,9,11,13-26,28-35,37-41H2,1-6,8,10,12H3,(H,57,69)(H,58,70)(H,59,71);31-33,43-45H,7-30H2,1-6H3;6H,1,4H2,2-3H3/b36-27+;;. The Morgan fingerprint density at radius 3 is 0.898 bits per heavy atom. The molecular weight excluding hydrogens is 1770 g/mol. The number of carbonyl (C=O) groups excluding carboxylic acids is 6.